The molecule has 0 bridgehead atoms. The fourth-order valence-electron chi connectivity index (χ4n) is 2.95. The third kappa shape index (κ3) is 5.89. The van der Waals surface area contributed by atoms with Crippen molar-refractivity contribution < 1.29 is 19.0 Å². The molecule has 0 aliphatic heterocycles. The van der Waals surface area contributed by atoms with E-state index in [1.54, 1.807) is 44.5 Å². The lowest BCUT2D eigenvalue weighted by atomic mass is 10.0. The standard InChI is InChI=1S/C24H24N4O4/c1-3-31-23(29)17-7-4-8-20(14-17)32-11-5-6-16-9-10-21(30-2)18(12-16)13-19-15-27-24(26)28-22(19)25/h4,7-10,12,14-15H,3,11,13H2,1-2H3,(H4,25,26,27,28). The van der Waals surface area contributed by atoms with Crippen LogP contribution in [0.15, 0.2) is 48.7 Å². The molecule has 0 spiro atoms. The van der Waals surface area contributed by atoms with Crippen LogP contribution in [0.5, 0.6) is 11.5 Å². The predicted octanol–water partition coefficient (Wildman–Crippen LogP) is 2.85. The van der Waals surface area contributed by atoms with Crippen LogP contribution in [-0.4, -0.2) is 36.3 Å². The first-order valence-electron chi connectivity index (χ1n) is 9.92. The van der Waals surface area contributed by atoms with Gasteiger partial charge in [0.2, 0.25) is 5.95 Å². The molecule has 0 aliphatic carbocycles. The van der Waals surface area contributed by atoms with Gasteiger partial charge in [0, 0.05) is 23.7 Å². The number of hydrogen-bond acceptors (Lipinski definition) is 8. The van der Waals surface area contributed by atoms with Crippen molar-refractivity contribution in [3.05, 3.63) is 70.9 Å². The highest BCUT2D eigenvalue weighted by atomic mass is 16.5. The van der Waals surface area contributed by atoms with Gasteiger partial charge in [-0.15, -0.1) is 0 Å². The molecule has 8 heteroatoms. The van der Waals surface area contributed by atoms with Crippen molar-refractivity contribution in [1.82, 2.24) is 9.97 Å². The number of nitrogens with zero attached hydrogens (tertiary/aromatic N) is 2. The summed E-state index contributed by atoms with van der Waals surface area (Å²) in [5.74, 6) is 7.36. The van der Waals surface area contributed by atoms with Crippen molar-refractivity contribution in [1.29, 1.82) is 0 Å². The van der Waals surface area contributed by atoms with E-state index in [4.69, 9.17) is 25.7 Å². The summed E-state index contributed by atoms with van der Waals surface area (Å²) in [6.07, 6.45) is 2.08. The fraction of sp³-hybridized carbons (Fsp3) is 0.208. The lowest BCUT2D eigenvalue weighted by Crippen LogP contribution is -2.05. The number of carbonyl (C=O) groups excluding carboxylic acids is 1. The van der Waals surface area contributed by atoms with Crippen molar-refractivity contribution in [2.45, 2.75) is 13.3 Å². The third-order valence-electron chi connectivity index (χ3n) is 4.47. The van der Waals surface area contributed by atoms with Gasteiger partial charge in [0.05, 0.1) is 19.3 Å². The normalized spacial score (nSPS) is 10.1. The van der Waals surface area contributed by atoms with Crippen LogP contribution in [-0.2, 0) is 11.2 Å². The van der Waals surface area contributed by atoms with E-state index in [9.17, 15) is 4.79 Å². The molecule has 8 nitrogen and oxygen atoms in total. The fourth-order valence-corrected chi connectivity index (χ4v) is 2.95. The third-order valence-corrected chi connectivity index (χ3v) is 4.47. The van der Waals surface area contributed by atoms with Crippen LogP contribution >= 0.6 is 0 Å². The first-order valence-corrected chi connectivity index (χ1v) is 9.92. The van der Waals surface area contributed by atoms with Gasteiger partial charge in [-0.1, -0.05) is 17.9 Å². The maximum atomic E-state index is 11.8. The molecular weight excluding hydrogens is 408 g/mol. The molecule has 0 saturated heterocycles. The number of rotatable bonds is 7. The Morgan fingerprint density at radius 2 is 1.97 bits per heavy atom. The zero-order valence-electron chi connectivity index (χ0n) is 17.9. The average Bonchev–Trinajstić information content (AvgIpc) is 2.79. The van der Waals surface area contributed by atoms with Gasteiger partial charge in [-0.3, -0.25) is 0 Å². The van der Waals surface area contributed by atoms with Crippen LogP contribution in [0.3, 0.4) is 0 Å². The maximum Gasteiger partial charge on any atom is 0.338 e. The average molecular weight is 432 g/mol. The first kappa shape index (κ1) is 22.4. The van der Waals surface area contributed by atoms with Crippen LogP contribution in [0.1, 0.15) is 34.0 Å². The zero-order valence-corrected chi connectivity index (χ0v) is 17.9. The van der Waals surface area contributed by atoms with Crippen LogP contribution < -0.4 is 20.9 Å². The van der Waals surface area contributed by atoms with E-state index in [1.807, 2.05) is 18.2 Å². The molecule has 3 aromatic rings. The zero-order chi connectivity index (χ0) is 22.9. The van der Waals surface area contributed by atoms with Crippen LogP contribution in [0.25, 0.3) is 0 Å². The lowest BCUT2D eigenvalue weighted by Gasteiger charge is -2.10. The summed E-state index contributed by atoms with van der Waals surface area (Å²) < 4.78 is 16.1. The molecule has 1 heterocycles. The topological polar surface area (TPSA) is 123 Å². The Kier molecular flexibility index (Phi) is 7.49. The highest BCUT2D eigenvalue weighted by Gasteiger charge is 2.10. The minimum Gasteiger partial charge on any atom is -0.496 e. The summed E-state index contributed by atoms with van der Waals surface area (Å²) in [7, 11) is 1.60. The number of nitrogens with two attached hydrogens (primary N) is 2. The molecule has 4 N–H and O–H groups in total. The molecule has 0 unspecified atom stereocenters. The highest BCUT2D eigenvalue weighted by molar-refractivity contribution is 5.89. The number of esters is 1. The van der Waals surface area contributed by atoms with E-state index < -0.39 is 0 Å². The highest BCUT2D eigenvalue weighted by Crippen LogP contribution is 2.24. The number of ether oxygens (including phenoxy) is 3. The Balaban J connectivity index is 1.69. The number of benzene rings is 2. The Bertz CT molecular complexity index is 1170. The van der Waals surface area contributed by atoms with E-state index in [1.165, 1.54) is 0 Å². The summed E-state index contributed by atoms with van der Waals surface area (Å²) in [4.78, 5) is 19.8. The van der Waals surface area contributed by atoms with Crippen molar-refractivity contribution in [3.8, 4) is 23.3 Å². The van der Waals surface area contributed by atoms with E-state index in [0.717, 1.165) is 16.7 Å². The van der Waals surface area contributed by atoms with Gasteiger partial charge in [0.25, 0.3) is 0 Å². The number of aromatic nitrogens is 2. The molecule has 0 radical (unpaired) electrons. The van der Waals surface area contributed by atoms with Gasteiger partial charge in [0.15, 0.2) is 0 Å². The van der Waals surface area contributed by atoms with Crippen molar-refractivity contribution in [2.75, 3.05) is 31.8 Å². The quantitative estimate of drug-likeness (QED) is 0.432. The second-order valence-electron chi connectivity index (χ2n) is 6.68. The Hall–Kier alpha value is -4.25. The molecule has 1 aromatic heterocycles. The lowest BCUT2D eigenvalue weighted by molar-refractivity contribution is 0.0526. The van der Waals surface area contributed by atoms with Crippen molar-refractivity contribution >= 4 is 17.7 Å². The van der Waals surface area contributed by atoms with E-state index in [0.29, 0.717) is 35.9 Å². The minimum absolute atomic E-state index is 0.130. The molecule has 0 fully saturated rings. The van der Waals surface area contributed by atoms with Gasteiger partial charge in [0.1, 0.15) is 23.9 Å². The predicted molar refractivity (Wildman–Crippen MR) is 121 cm³/mol. The monoisotopic (exact) mass is 432 g/mol. The largest absolute Gasteiger partial charge is 0.496 e. The molecule has 164 valence electrons. The van der Waals surface area contributed by atoms with Gasteiger partial charge in [-0.05, 0) is 48.9 Å². The summed E-state index contributed by atoms with van der Waals surface area (Å²) >= 11 is 0. The first-order chi connectivity index (χ1) is 15.5. The summed E-state index contributed by atoms with van der Waals surface area (Å²) in [6.45, 7) is 2.24. The van der Waals surface area contributed by atoms with E-state index in [2.05, 4.69) is 21.8 Å². The van der Waals surface area contributed by atoms with Crippen LogP contribution in [0.4, 0.5) is 11.8 Å². The molecule has 32 heavy (non-hydrogen) atoms. The van der Waals surface area contributed by atoms with Gasteiger partial charge in [-0.2, -0.15) is 4.98 Å². The second kappa shape index (κ2) is 10.7. The summed E-state index contributed by atoms with van der Waals surface area (Å²) in [5.41, 5.74) is 14.4. The summed E-state index contributed by atoms with van der Waals surface area (Å²) in [5, 5.41) is 0. The van der Waals surface area contributed by atoms with Gasteiger partial charge in [-0.25, -0.2) is 9.78 Å². The smallest absolute Gasteiger partial charge is 0.338 e. The number of carbonyl (C=O) groups is 1. The molecule has 3 rings (SSSR count). The van der Waals surface area contributed by atoms with Crippen molar-refractivity contribution in [3.63, 3.8) is 0 Å². The molecule has 0 saturated carbocycles. The second-order valence-corrected chi connectivity index (χ2v) is 6.68. The number of nitrogen functional groups attached to an aromatic ring is 2. The Morgan fingerprint density at radius 1 is 1.12 bits per heavy atom. The molecule has 0 aliphatic rings. The molecule has 0 atom stereocenters. The summed E-state index contributed by atoms with van der Waals surface area (Å²) in [6, 6.07) is 12.4. The minimum atomic E-state index is -0.387. The number of methoxy groups -OCH3 is 1. The number of anilines is 2. The SMILES string of the molecule is CCOC(=O)c1cccc(OCC#Cc2ccc(OC)c(Cc3cnc(N)nc3N)c2)c1. The van der Waals surface area contributed by atoms with E-state index in [-0.39, 0.29) is 18.5 Å². The molecule has 2 aromatic carbocycles. The maximum absolute atomic E-state index is 11.8. The van der Waals surface area contributed by atoms with Gasteiger partial charge < -0.3 is 25.7 Å². The molecular formula is C24H24N4O4. The number of hydrogen-bond donors (Lipinski definition) is 2. The molecule has 0 amide bonds. The van der Waals surface area contributed by atoms with Crippen molar-refractivity contribution in [2.24, 2.45) is 0 Å². The Morgan fingerprint density at radius 3 is 2.72 bits per heavy atom. The van der Waals surface area contributed by atoms with Crippen LogP contribution in [0.2, 0.25) is 0 Å². The van der Waals surface area contributed by atoms with Crippen LogP contribution in [0, 0.1) is 11.8 Å². The van der Waals surface area contributed by atoms with E-state index >= 15 is 0 Å². The van der Waals surface area contributed by atoms with Gasteiger partial charge >= 0.3 is 5.97 Å². The Labute approximate surface area is 186 Å².